The van der Waals surface area contributed by atoms with Crippen LogP contribution in [0.2, 0.25) is 0 Å². The van der Waals surface area contributed by atoms with Gasteiger partial charge in [-0.3, -0.25) is 0 Å². The Morgan fingerprint density at radius 2 is 2.28 bits per heavy atom. The number of fused-ring (bicyclic) bond motifs is 1. The molecule has 4 nitrogen and oxygen atoms in total. The lowest BCUT2D eigenvalue weighted by Gasteiger charge is -2.17. The molecule has 6 heteroatoms. The molecule has 0 bridgehead atoms. The van der Waals surface area contributed by atoms with Crippen molar-refractivity contribution in [1.29, 1.82) is 0 Å². The number of thioether (sulfide) groups is 1. The highest BCUT2D eigenvalue weighted by molar-refractivity contribution is 8.00. The van der Waals surface area contributed by atoms with Crippen LogP contribution in [0, 0.1) is 5.92 Å². The average Bonchev–Trinajstić information content (AvgIpc) is 3.12. The first-order chi connectivity index (χ1) is 8.78. The van der Waals surface area contributed by atoms with E-state index in [1.165, 1.54) is 19.3 Å². The second-order valence-electron chi connectivity index (χ2n) is 4.69. The molecule has 1 aliphatic rings. The minimum Gasteiger partial charge on any atom is -0.358 e. The van der Waals surface area contributed by atoms with Gasteiger partial charge in [0, 0.05) is 13.6 Å². The molecule has 2 heterocycles. The first-order valence-electron chi connectivity index (χ1n) is 6.14. The number of anilines is 1. The number of hydrogen-bond donors (Lipinski definition) is 0. The molecule has 1 fully saturated rings. The van der Waals surface area contributed by atoms with Crippen LogP contribution >= 0.6 is 23.1 Å². The number of rotatable bonds is 5. The zero-order valence-electron chi connectivity index (χ0n) is 10.6. The van der Waals surface area contributed by atoms with Crippen molar-refractivity contribution in [3.8, 4) is 0 Å². The number of hydrogen-bond acceptors (Lipinski definition) is 6. The van der Waals surface area contributed by atoms with Gasteiger partial charge in [0.15, 0.2) is 15.8 Å². The van der Waals surface area contributed by atoms with E-state index in [2.05, 4.69) is 26.9 Å². The fourth-order valence-electron chi connectivity index (χ4n) is 1.97. The molecule has 2 aromatic rings. The summed E-state index contributed by atoms with van der Waals surface area (Å²) in [4.78, 5) is 15.4. The second-order valence-corrected chi connectivity index (χ2v) is 6.74. The Morgan fingerprint density at radius 1 is 1.44 bits per heavy atom. The standard InChI is InChI=1S/C12H16N4S2/c1-16(6-5-8-3-4-8)11-9-10(13-7-14-11)15-12(17-2)18-9/h7-8H,3-6H2,1-2H3. The highest BCUT2D eigenvalue weighted by Crippen LogP contribution is 2.35. The van der Waals surface area contributed by atoms with E-state index in [0.717, 1.165) is 33.0 Å². The van der Waals surface area contributed by atoms with E-state index < -0.39 is 0 Å². The Kier molecular flexibility index (Phi) is 3.39. The Hall–Kier alpha value is -0.880. The molecule has 1 saturated carbocycles. The van der Waals surface area contributed by atoms with Crippen LogP contribution in [0.3, 0.4) is 0 Å². The molecule has 0 spiro atoms. The van der Waals surface area contributed by atoms with E-state index in [-0.39, 0.29) is 0 Å². The van der Waals surface area contributed by atoms with Crippen LogP contribution in [-0.2, 0) is 0 Å². The highest BCUT2D eigenvalue weighted by atomic mass is 32.2. The van der Waals surface area contributed by atoms with Gasteiger partial charge < -0.3 is 4.90 Å². The summed E-state index contributed by atoms with van der Waals surface area (Å²) in [5.74, 6) is 1.98. The molecule has 0 radical (unpaired) electrons. The van der Waals surface area contributed by atoms with Crippen LogP contribution in [0.5, 0.6) is 0 Å². The molecule has 0 atom stereocenters. The van der Waals surface area contributed by atoms with Crippen molar-refractivity contribution >= 4 is 39.3 Å². The van der Waals surface area contributed by atoms with Gasteiger partial charge in [-0.1, -0.05) is 24.6 Å². The first-order valence-corrected chi connectivity index (χ1v) is 8.18. The van der Waals surface area contributed by atoms with E-state index in [9.17, 15) is 0 Å². The van der Waals surface area contributed by atoms with Gasteiger partial charge in [0.2, 0.25) is 0 Å². The Morgan fingerprint density at radius 3 is 3.00 bits per heavy atom. The summed E-state index contributed by atoms with van der Waals surface area (Å²) < 4.78 is 2.17. The number of aromatic nitrogens is 3. The lowest BCUT2D eigenvalue weighted by Crippen LogP contribution is -2.20. The molecule has 96 valence electrons. The minimum atomic E-state index is 0.827. The van der Waals surface area contributed by atoms with Gasteiger partial charge in [0.05, 0.1) is 0 Å². The maximum Gasteiger partial charge on any atom is 0.176 e. The first kappa shape index (κ1) is 12.2. The van der Waals surface area contributed by atoms with Gasteiger partial charge in [-0.05, 0) is 18.6 Å². The van der Waals surface area contributed by atoms with Gasteiger partial charge in [-0.2, -0.15) is 0 Å². The van der Waals surface area contributed by atoms with Crippen molar-refractivity contribution in [1.82, 2.24) is 15.0 Å². The molecule has 0 N–H and O–H groups in total. The minimum absolute atomic E-state index is 0.827. The van der Waals surface area contributed by atoms with Crippen molar-refractivity contribution in [2.45, 2.75) is 23.6 Å². The smallest absolute Gasteiger partial charge is 0.176 e. The van der Waals surface area contributed by atoms with Crippen LogP contribution in [0.4, 0.5) is 5.82 Å². The third-order valence-corrected chi connectivity index (χ3v) is 5.28. The van der Waals surface area contributed by atoms with Gasteiger partial charge in [0.1, 0.15) is 11.0 Å². The highest BCUT2D eigenvalue weighted by Gasteiger charge is 2.22. The van der Waals surface area contributed by atoms with E-state index in [0.29, 0.717) is 0 Å². The predicted molar refractivity (Wildman–Crippen MR) is 77.6 cm³/mol. The summed E-state index contributed by atoms with van der Waals surface area (Å²) in [7, 11) is 2.11. The normalized spacial score (nSPS) is 15.2. The summed E-state index contributed by atoms with van der Waals surface area (Å²) in [6.07, 6.45) is 7.75. The summed E-state index contributed by atoms with van der Waals surface area (Å²) in [6, 6.07) is 0. The van der Waals surface area contributed by atoms with Crippen molar-refractivity contribution in [3.05, 3.63) is 6.33 Å². The molecule has 0 aromatic carbocycles. The van der Waals surface area contributed by atoms with Crippen LogP contribution in [0.15, 0.2) is 10.7 Å². The largest absolute Gasteiger partial charge is 0.358 e. The zero-order valence-corrected chi connectivity index (χ0v) is 12.2. The van der Waals surface area contributed by atoms with E-state index >= 15 is 0 Å². The van der Waals surface area contributed by atoms with Crippen LogP contribution < -0.4 is 4.90 Å². The van der Waals surface area contributed by atoms with Crippen molar-refractivity contribution < 1.29 is 0 Å². The molecular weight excluding hydrogens is 264 g/mol. The van der Waals surface area contributed by atoms with Gasteiger partial charge in [0.25, 0.3) is 0 Å². The van der Waals surface area contributed by atoms with Crippen LogP contribution in [-0.4, -0.2) is 34.8 Å². The fraction of sp³-hybridized carbons (Fsp3) is 0.583. The van der Waals surface area contributed by atoms with Crippen molar-refractivity contribution in [2.75, 3.05) is 24.7 Å². The Balaban J connectivity index is 1.86. The fourth-order valence-corrected chi connectivity index (χ4v) is 3.53. The van der Waals surface area contributed by atoms with Gasteiger partial charge in [-0.25, -0.2) is 15.0 Å². The second kappa shape index (κ2) is 5.01. The SMILES string of the molecule is CSc1nc2ncnc(N(C)CCC3CC3)c2s1. The molecule has 0 unspecified atom stereocenters. The van der Waals surface area contributed by atoms with E-state index in [4.69, 9.17) is 0 Å². The number of nitrogens with zero attached hydrogens (tertiary/aromatic N) is 4. The Labute approximate surface area is 115 Å². The summed E-state index contributed by atoms with van der Waals surface area (Å²) in [5.41, 5.74) is 0.827. The lowest BCUT2D eigenvalue weighted by atomic mass is 10.3. The molecular formula is C12H16N4S2. The van der Waals surface area contributed by atoms with Crippen molar-refractivity contribution in [2.24, 2.45) is 5.92 Å². The summed E-state index contributed by atoms with van der Waals surface area (Å²) in [5, 5.41) is 0. The van der Waals surface area contributed by atoms with Gasteiger partial charge >= 0.3 is 0 Å². The molecule has 2 aromatic heterocycles. The topological polar surface area (TPSA) is 41.9 Å². The Bertz CT molecular complexity index is 550. The van der Waals surface area contributed by atoms with Crippen LogP contribution in [0.1, 0.15) is 19.3 Å². The molecule has 0 amide bonds. The molecule has 0 saturated heterocycles. The number of thiazole rings is 1. The summed E-state index contributed by atoms with van der Waals surface area (Å²) >= 11 is 3.35. The van der Waals surface area contributed by atoms with Crippen molar-refractivity contribution in [3.63, 3.8) is 0 Å². The third kappa shape index (κ3) is 2.44. The maximum atomic E-state index is 4.49. The maximum absolute atomic E-state index is 4.49. The molecule has 0 aliphatic heterocycles. The quantitative estimate of drug-likeness (QED) is 0.787. The average molecular weight is 280 g/mol. The van der Waals surface area contributed by atoms with E-state index in [1.807, 2.05) is 6.26 Å². The predicted octanol–water partition coefficient (Wildman–Crippen LogP) is 3.04. The molecule has 18 heavy (non-hydrogen) atoms. The van der Waals surface area contributed by atoms with E-state index in [1.54, 1.807) is 29.4 Å². The lowest BCUT2D eigenvalue weighted by molar-refractivity contribution is 0.707. The summed E-state index contributed by atoms with van der Waals surface area (Å²) in [6.45, 7) is 1.07. The zero-order chi connectivity index (χ0) is 12.5. The molecule has 3 rings (SSSR count). The van der Waals surface area contributed by atoms with Gasteiger partial charge in [-0.15, -0.1) is 11.3 Å². The molecule has 1 aliphatic carbocycles. The monoisotopic (exact) mass is 280 g/mol. The van der Waals surface area contributed by atoms with Crippen LogP contribution in [0.25, 0.3) is 10.3 Å². The third-order valence-electron chi connectivity index (χ3n) is 3.26.